The predicted molar refractivity (Wildman–Crippen MR) is 80.4 cm³/mol. The number of benzene rings is 1. The first-order valence-electron chi connectivity index (χ1n) is 6.34. The van der Waals surface area contributed by atoms with E-state index < -0.39 is 5.54 Å². The Kier molecular flexibility index (Phi) is 4.72. The molecule has 2 unspecified atom stereocenters. The maximum Gasteiger partial charge on any atom is 0.130 e. The second-order valence-corrected chi connectivity index (χ2v) is 6.06. The molecule has 1 heterocycles. The second kappa shape index (κ2) is 6.13. The molecule has 0 bridgehead atoms. The van der Waals surface area contributed by atoms with Crippen molar-refractivity contribution in [2.75, 3.05) is 11.9 Å². The summed E-state index contributed by atoms with van der Waals surface area (Å²) >= 11 is 9.37. The Bertz CT molecular complexity index is 503. The molecule has 0 spiro atoms. The van der Waals surface area contributed by atoms with Crippen molar-refractivity contribution in [3.8, 4) is 6.07 Å². The molecule has 1 saturated heterocycles. The third-order valence-electron chi connectivity index (χ3n) is 3.43. The molecule has 19 heavy (non-hydrogen) atoms. The Balaban J connectivity index is 2.18. The molecule has 1 fully saturated rings. The lowest BCUT2D eigenvalue weighted by atomic mass is 9.87. The van der Waals surface area contributed by atoms with Gasteiger partial charge in [-0.05, 0) is 40.5 Å². The number of hydrogen-bond acceptors (Lipinski definition) is 3. The van der Waals surface area contributed by atoms with E-state index in [9.17, 15) is 5.26 Å². The number of ether oxygens (including phenoxy) is 1. The van der Waals surface area contributed by atoms with Crippen molar-refractivity contribution in [3.05, 3.63) is 27.7 Å². The molecular weight excluding hydrogens is 328 g/mol. The lowest BCUT2D eigenvalue weighted by molar-refractivity contribution is -0.00304. The first-order chi connectivity index (χ1) is 9.08. The fourth-order valence-electron chi connectivity index (χ4n) is 2.30. The average molecular weight is 344 g/mol. The van der Waals surface area contributed by atoms with E-state index in [2.05, 4.69) is 34.2 Å². The number of halogens is 2. The van der Waals surface area contributed by atoms with Crippen LogP contribution >= 0.6 is 27.5 Å². The van der Waals surface area contributed by atoms with Crippen molar-refractivity contribution in [2.45, 2.75) is 37.8 Å². The summed E-state index contributed by atoms with van der Waals surface area (Å²) in [6.45, 7) is 2.70. The largest absolute Gasteiger partial charge is 0.378 e. The monoisotopic (exact) mass is 342 g/mol. The summed E-state index contributed by atoms with van der Waals surface area (Å²) in [5, 5.41) is 13.5. The molecule has 1 aliphatic rings. The molecular formula is C14H16BrClN2O. The zero-order valence-electron chi connectivity index (χ0n) is 10.7. The third kappa shape index (κ3) is 3.42. The predicted octanol–water partition coefficient (Wildman–Crippen LogP) is 4.37. The van der Waals surface area contributed by atoms with E-state index in [0.29, 0.717) is 24.5 Å². The Morgan fingerprint density at radius 3 is 3.05 bits per heavy atom. The van der Waals surface area contributed by atoms with E-state index in [0.717, 1.165) is 16.6 Å². The molecule has 0 saturated carbocycles. The number of nitrogens with zero attached hydrogens (tertiary/aromatic N) is 1. The van der Waals surface area contributed by atoms with Crippen LogP contribution in [-0.2, 0) is 4.74 Å². The van der Waals surface area contributed by atoms with Crippen LogP contribution in [0.15, 0.2) is 22.7 Å². The van der Waals surface area contributed by atoms with Crippen molar-refractivity contribution >= 4 is 33.2 Å². The molecule has 0 radical (unpaired) electrons. The average Bonchev–Trinajstić information content (AvgIpc) is 2.43. The van der Waals surface area contributed by atoms with Gasteiger partial charge >= 0.3 is 0 Å². The van der Waals surface area contributed by atoms with E-state index in [4.69, 9.17) is 16.3 Å². The van der Waals surface area contributed by atoms with Crippen LogP contribution in [0.2, 0.25) is 5.02 Å². The lowest BCUT2D eigenvalue weighted by Gasteiger charge is -2.37. The number of nitriles is 1. The summed E-state index contributed by atoms with van der Waals surface area (Å²) in [4.78, 5) is 0. The molecule has 0 aromatic heterocycles. The van der Waals surface area contributed by atoms with Gasteiger partial charge in [0.2, 0.25) is 0 Å². The molecule has 102 valence electrons. The molecule has 1 N–H and O–H groups in total. The molecule has 0 amide bonds. The molecule has 1 aliphatic heterocycles. The Morgan fingerprint density at radius 2 is 2.42 bits per heavy atom. The molecule has 2 atom stereocenters. The summed E-state index contributed by atoms with van der Waals surface area (Å²) in [7, 11) is 0. The smallest absolute Gasteiger partial charge is 0.130 e. The Labute approximate surface area is 127 Å². The lowest BCUT2D eigenvalue weighted by Crippen LogP contribution is -2.45. The van der Waals surface area contributed by atoms with Crippen molar-refractivity contribution in [3.63, 3.8) is 0 Å². The number of nitrogens with one attached hydrogen (secondary N) is 1. The van der Waals surface area contributed by atoms with Crippen molar-refractivity contribution in [2.24, 2.45) is 0 Å². The fraction of sp³-hybridized carbons (Fsp3) is 0.500. The van der Waals surface area contributed by atoms with Gasteiger partial charge in [0.1, 0.15) is 5.54 Å². The first-order valence-corrected chi connectivity index (χ1v) is 7.52. The highest BCUT2D eigenvalue weighted by molar-refractivity contribution is 9.10. The minimum atomic E-state index is -0.549. The van der Waals surface area contributed by atoms with E-state index >= 15 is 0 Å². The van der Waals surface area contributed by atoms with E-state index in [-0.39, 0.29) is 6.10 Å². The van der Waals surface area contributed by atoms with Gasteiger partial charge in [0.15, 0.2) is 0 Å². The van der Waals surface area contributed by atoms with E-state index in [1.165, 1.54) is 0 Å². The minimum Gasteiger partial charge on any atom is -0.378 e. The van der Waals surface area contributed by atoms with Gasteiger partial charge in [-0.2, -0.15) is 5.26 Å². The van der Waals surface area contributed by atoms with Gasteiger partial charge in [-0.1, -0.05) is 18.5 Å². The topological polar surface area (TPSA) is 45.0 Å². The van der Waals surface area contributed by atoms with Gasteiger partial charge in [0.25, 0.3) is 0 Å². The number of rotatable bonds is 3. The third-order valence-corrected chi connectivity index (χ3v) is 4.65. The Morgan fingerprint density at radius 1 is 1.63 bits per heavy atom. The van der Waals surface area contributed by atoms with Crippen molar-refractivity contribution in [1.29, 1.82) is 5.26 Å². The SMILES string of the molecule is CCC1CC(C#N)(Nc2ccc(Cl)c(Br)c2)CCO1. The van der Waals surface area contributed by atoms with Gasteiger partial charge in [-0.15, -0.1) is 0 Å². The Hall–Kier alpha value is -0.760. The normalized spacial score (nSPS) is 26.7. The van der Waals surface area contributed by atoms with Crippen LogP contribution in [0.3, 0.4) is 0 Å². The van der Waals surface area contributed by atoms with Crippen LogP contribution in [0.4, 0.5) is 5.69 Å². The van der Waals surface area contributed by atoms with Crippen LogP contribution in [0.1, 0.15) is 26.2 Å². The molecule has 1 aromatic carbocycles. The second-order valence-electron chi connectivity index (χ2n) is 4.80. The molecule has 1 aromatic rings. The van der Waals surface area contributed by atoms with Crippen molar-refractivity contribution < 1.29 is 4.74 Å². The minimum absolute atomic E-state index is 0.150. The maximum atomic E-state index is 9.53. The van der Waals surface area contributed by atoms with Gasteiger partial charge < -0.3 is 10.1 Å². The van der Waals surface area contributed by atoms with E-state index in [1.54, 1.807) is 0 Å². The van der Waals surface area contributed by atoms with Crippen molar-refractivity contribution in [1.82, 2.24) is 0 Å². The van der Waals surface area contributed by atoms with Crippen LogP contribution in [0.5, 0.6) is 0 Å². The van der Waals surface area contributed by atoms with Gasteiger partial charge in [0, 0.05) is 23.0 Å². The summed E-state index contributed by atoms with van der Waals surface area (Å²) < 4.78 is 6.47. The molecule has 0 aliphatic carbocycles. The highest BCUT2D eigenvalue weighted by atomic mass is 79.9. The molecule has 5 heteroatoms. The van der Waals surface area contributed by atoms with Crippen LogP contribution in [0.25, 0.3) is 0 Å². The number of anilines is 1. The summed E-state index contributed by atoms with van der Waals surface area (Å²) in [5.41, 5.74) is 0.348. The summed E-state index contributed by atoms with van der Waals surface area (Å²) in [6.07, 6.45) is 2.48. The fourth-order valence-corrected chi connectivity index (χ4v) is 2.80. The zero-order chi connectivity index (χ0) is 13.9. The van der Waals surface area contributed by atoms with Crippen LogP contribution in [-0.4, -0.2) is 18.2 Å². The van der Waals surface area contributed by atoms with E-state index in [1.807, 2.05) is 18.2 Å². The highest BCUT2D eigenvalue weighted by Crippen LogP contribution is 2.32. The van der Waals surface area contributed by atoms with Gasteiger partial charge in [-0.25, -0.2) is 0 Å². The van der Waals surface area contributed by atoms with Crippen LogP contribution in [0, 0.1) is 11.3 Å². The number of hydrogen-bond donors (Lipinski definition) is 1. The molecule has 3 nitrogen and oxygen atoms in total. The first kappa shape index (κ1) is 14.6. The highest BCUT2D eigenvalue weighted by Gasteiger charge is 2.36. The van der Waals surface area contributed by atoms with Gasteiger partial charge in [-0.3, -0.25) is 0 Å². The summed E-state index contributed by atoms with van der Waals surface area (Å²) in [5.74, 6) is 0. The zero-order valence-corrected chi connectivity index (χ0v) is 13.1. The molecule has 2 rings (SSSR count). The quantitative estimate of drug-likeness (QED) is 0.886. The standard InChI is InChI=1S/C14H16BrClN2O/c1-2-11-8-14(9-17,5-6-19-11)18-10-3-4-13(16)12(15)7-10/h3-4,7,11,18H,2,5-6,8H2,1H3. The summed E-state index contributed by atoms with van der Waals surface area (Å²) in [6, 6.07) is 8.03. The maximum absolute atomic E-state index is 9.53. The van der Waals surface area contributed by atoms with Crippen LogP contribution < -0.4 is 5.32 Å². The van der Waals surface area contributed by atoms with Gasteiger partial charge in [0.05, 0.1) is 23.8 Å².